The summed E-state index contributed by atoms with van der Waals surface area (Å²) in [5.41, 5.74) is 5.36. The normalized spacial score (nSPS) is 14.8. The van der Waals surface area contributed by atoms with Crippen LogP contribution in [0.2, 0.25) is 0 Å². The maximum absolute atomic E-state index is 6.02. The Bertz CT molecular complexity index is 629. The number of nitrogens with one attached hydrogen (secondary N) is 1. The quantitative estimate of drug-likeness (QED) is 0.503. The molecule has 3 rings (SSSR count). The topological polar surface area (TPSA) is 81.1 Å². The second kappa shape index (κ2) is 7.31. The highest BCUT2D eigenvalue weighted by atomic mass is 32.2. The predicted octanol–water partition coefficient (Wildman–Crippen LogP) is 3.02. The minimum atomic E-state index is 0.480. The molecule has 0 atom stereocenters. The standard InChI is InChI=1S/C15H20N6S/c16-21-14(18-17-13-9-5-2-6-10-13)19-20-15(21)22-11-12-7-3-1-4-8-12/h1,3-4,7-8H,2,5-6,9-11,16H2,(H,18,19). The number of hydrogen-bond donors (Lipinski definition) is 2. The lowest BCUT2D eigenvalue weighted by Gasteiger charge is -2.12. The fourth-order valence-electron chi connectivity index (χ4n) is 2.37. The molecule has 2 aromatic rings. The third-order valence-corrected chi connectivity index (χ3v) is 4.63. The summed E-state index contributed by atoms with van der Waals surface area (Å²) in [5.74, 6) is 7.31. The van der Waals surface area contributed by atoms with Crippen molar-refractivity contribution in [2.75, 3.05) is 11.3 Å². The van der Waals surface area contributed by atoms with E-state index in [1.165, 1.54) is 35.2 Å². The van der Waals surface area contributed by atoms with Gasteiger partial charge in [-0.25, -0.2) is 10.1 Å². The molecule has 7 heteroatoms. The smallest absolute Gasteiger partial charge is 0.264 e. The summed E-state index contributed by atoms with van der Waals surface area (Å²) in [6.45, 7) is 0. The molecule has 1 aliphatic carbocycles. The van der Waals surface area contributed by atoms with E-state index in [0.29, 0.717) is 11.1 Å². The molecule has 1 aromatic carbocycles. The van der Waals surface area contributed by atoms with E-state index in [-0.39, 0.29) is 0 Å². The Morgan fingerprint density at radius 3 is 2.68 bits per heavy atom. The zero-order valence-corrected chi connectivity index (χ0v) is 13.2. The van der Waals surface area contributed by atoms with E-state index < -0.39 is 0 Å². The van der Waals surface area contributed by atoms with Gasteiger partial charge < -0.3 is 5.84 Å². The molecule has 116 valence electrons. The molecule has 3 N–H and O–H groups in total. The first kappa shape index (κ1) is 14.9. The Kier molecular flexibility index (Phi) is 4.95. The number of rotatable bonds is 5. The van der Waals surface area contributed by atoms with Crippen molar-refractivity contribution >= 4 is 23.4 Å². The highest BCUT2D eigenvalue weighted by molar-refractivity contribution is 7.98. The first-order valence-electron chi connectivity index (χ1n) is 7.51. The zero-order valence-electron chi connectivity index (χ0n) is 12.4. The minimum Gasteiger partial charge on any atom is -0.334 e. The fourth-order valence-corrected chi connectivity index (χ4v) is 3.19. The monoisotopic (exact) mass is 316 g/mol. The number of nitrogens with two attached hydrogens (primary N) is 1. The minimum absolute atomic E-state index is 0.480. The van der Waals surface area contributed by atoms with E-state index in [0.717, 1.165) is 18.6 Å². The van der Waals surface area contributed by atoms with Gasteiger partial charge in [0.2, 0.25) is 5.16 Å². The van der Waals surface area contributed by atoms with Gasteiger partial charge in [0.05, 0.1) is 0 Å². The van der Waals surface area contributed by atoms with Gasteiger partial charge in [-0.3, -0.25) is 0 Å². The van der Waals surface area contributed by atoms with Crippen LogP contribution < -0.4 is 11.3 Å². The lowest BCUT2D eigenvalue weighted by atomic mass is 9.99. The van der Waals surface area contributed by atoms with Crippen molar-refractivity contribution in [1.82, 2.24) is 14.9 Å². The molecule has 0 spiro atoms. The average Bonchev–Trinajstić information content (AvgIpc) is 2.93. The summed E-state index contributed by atoms with van der Waals surface area (Å²) in [7, 11) is 0. The number of aromatic nitrogens is 3. The molecule has 22 heavy (non-hydrogen) atoms. The SMILES string of the molecule is Nn1c(NN=C2CCCCC2)nnc1SCc1ccccc1. The second-order valence-corrected chi connectivity index (χ2v) is 6.24. The molecule has 6 nitrogen and oxygen atoms in total. The molecular weight excluding hydrogens is 296 g/mol. The summed E-state index contributed by atoms with van der Waals surface area (Å²) in [4.78, 5) is 0. The first-order chi connectivity index (χ1) is 10.8. The Morgan fingerprint density at radius 1 is 1.14 bits per heavy atom. The van der Waals surface area contributed by atoms with Gasteiger partial charge in [-0.1, -0.05) is 48.5 Å². The molecule has 0 unspecified atom stereocenters. The number of nitrogens with zero attached hydrogens (tertiary/aromatic N) is 4. The fraction of sp³-hybridized carbons (Fsp3) is 0.400. The Balaban J connectivity index is 1.59. The summed E-state index contributed by atoms with van der Waals surface area (Å²) >= 11 is 1.56. The third kappa shape index (κ3) is 3.79. The molecule has 1 saturated carbocycles. The zero-order chi connectivity index (χ0) is 15.2. The third-order valence-electron chi connectivity index (χ3n) is 3.62. The van der Waals surface area contributed by atoms with Crippen LogP contribution in [0.4, 0.5) is 5.95 Å². The largest absolute Gasteiger partial charge is 0.334 e. The van der Waals surface area contributed by atoms with Crippen LogP contribution in [0.5, 0.6) is 0 Å². The van der Waals surface area contributed by atoms with Crippen LogP contribution in [0, 0.1) is 0 Å². The van der Waals surface area contributed by atoms with Crippen molar-refractivity contribution in [2.24, 2.45) is 5.10 Å². The van der Waals surface area contributed by atoms with Crippen LogP contribution in [0.25, 0.3) is 0 Å². The highest BCUT2D eigenvalue weighted by Crippen LogP contribution is 2.21. The molecule has 1 aromatic heterocycles. The number of nitrogen functional groups attached to an aromatic ring is 1. The molecule has 0 saturated heterocycles. The first-order valence-corrected chi connectivity index (χ1v) is 8.50. The highest BCUT2D eigenvalue weighted by Gasteiger charge is 2.11. The van der Waals surface area contributed by atoms with Crippen LogP contribution in [-0.2, 0) is 5.75 Å². The van der Waals surface area contributed by atoms with Crippen molar-refractivity contribution in [3.8, 4) is 0 Å². The molecule has 0 aliphatic heterocycles. The molecule has 0 radical (unpaired) electrons. The maximum Gasteiger partial charge on any atom is 0.264 e. The Labute approximate surface area is 134 Å². The van der Waals surface area contributed by atoms with Crippen molar-refractivity contribution in [3.63, 3.8) is 0 Å². The van der Waals surface area contributed by atoms with E-state index >= 15 is 0 Å². The van der Waals surface area contributed by atoms with Gasteiger partial charge in [0.15, 0.2) is 0 Å². The maximum atomic E-state index is 6.02. The van der Waals surface area contributed by atoms with Crippen molar-refractivity contribution in [1.29, 1.82) is 0 Å². The number of hydrazone groups is 1. The molecule has 1 heterocycles. The van der Waals surface area contributed by atoms with Gasteiger partial charge in [-0.2, -0.15) is 5.10 Å². The molecule has 0 amide bonds. The van der Waals surface area contributed by atoms with Crippen molar-refractivity contribution in [3.05, 3.63) is 35.9 Å². The van der Waals surface area contributed by atoms with E-state index in [2.05, 4.69) is 32.9 Å². The van der Waals surface area contributed by atoms with E-state index in [1.807, 2.05) is 18.2 Å². The average molecular weight is 316 g/mol. The second-order valence-electron chi connectivity index (χ2n) is 5.30. The van der Waals surface area contributed by atoms with Crippen LogP contribution in [0.3, 0.4) is 0 Å². The lowest BCUT2D eigenvalue weighted by Crippen LogP contribution is -2.14. The van der Waals surface area contributed by atoms with Crippen LogP contribution in [0.1, 0.15) is 37.7 Å². The molecule has 1 fully saturated rings. The predicted molar refractivity (Wildman–Crippen MR) is 90.3 cm³/mol. The summed E-state index contributed by atoms with van der Waals surface area (Å²) < 4.78 is 1.46. The van der Waals surface area contributed by atoms with Crippen LogP contribution in [0.15, 0.2) is 40.6 Å². The molecule has 1 aliphatic rings. The number of thioether (sulfide) groups is 1. The Morgan fingerprint density at radius 2 is 1.91 bits per heavy atom. The van der Waals surface area contributed by atoms with Crippen molar-refractivity contribution in [2.45, 2.75) is 43.0 Å². The molecule has 0 bridgehead atoms. The summed E-state index contributed by atoms with van der Waals surface area (Å²) in [5, 5.41) is 13.3. The van der Waals surface area contributed by atoms with Gasteiger partial charge in [0, 0.05) is 11.5 Å². The number of hydrogen-bond acceptors (Lipinski definition) is 6. The molecular formula is C15H20N6S. The number of benzene rings is 1. The van der Waals surface area contributed by atoms with Crippen molar-refractivity contribution < 1.29 is 0 Å². The van der Waals surface area contributed by atoms with Gasteiger partial charge in [-0.05, 0) is 31.2 Å². The summed E-state index contributed by atoms with van der Waals surface area (Å²) in [6, 6.07) is 10.2. The lowest BCUT2D eigenvalue weighted by molar-refractivity contribution is 0.665. The van der Waals surface area contributed by atoms with E-state index in [4.69, 9.17) is 5.84 Å². The Hall–Kier alpha value is -2.02. The van der Waals surface area contributed by atoms with Gasteiger partial charge in [0.25, 0.3) is 5.95 Å². The van der Waals surface area contributed by atoms with Crippen LogP contribution >= 0.6 is 11.8 Å². The number of anilines is 1. The van der Waals surface area contributed by atoms with E-state index in [9.17, 15) is 0 Å². The summed E-state index contributed by atoms with van der Waals surface area (Å²) in [6.07, 6.45) is 5.84. The van der Waals surface area contributed by atoms with E-state index in [1.54, 1.807) is 11.8 Å². The van der Waals surface area contributed by atoms with Crippen LogP contribution in [-0.4, -0.2) is 20.6 Å². The van der Waals surface area contributed by atoms with Gasteiger partial charge in [-0.15, -0.1) is 10.2 Å². The van der Waals surface area contributed by atoms with Gasteiger partial charge >= 0.3 is 0 Å². The van der Waals surface area contributed by atoms with Gasteiger partial charge in [0.1, 0.15) is 0 Å².